The molecule has 0 bridgehead atoms. The molecule has 0 aliphatic carbocycles. The van der Waals surface area contributed by atoms with Crippen LogP contribution >= 0.6 is 0 Å². The lowest BCUT2D eigenvalue weighted by Crippen LogP contribution is -2.40. The van der Waals surface area contributed by atoms with E-state index in [9.17, 15) is 8.42 Å². The van der Waals surface area contributed by atoms with Crippen molar-refractivity contribution in [1.82, 2.24) is 13.9 Å². The van der Waals surface area contributed by atoms with Crippen LogP contribution in [0.3, 0.4) is 0 Å². The molecule has 1 aromatic rings. The van der Waals surface area contributed by atoms with Crippen LogP contribution in [0.25, 0.3) is 0 Å². The van der Waals surface area contributed by atoms with Gasteiger partial charge in [-0.3, -0.25) is 0 Å². The summed E-state index contributed by atoms with van der Waals surface area (Å²) in [5.41, 5.74) is 1.21. The first-order chi connectivity index (χ1) is 11.5. The number of nitrogens with zero attached hydrogens (tertiary/aromatic N) is 3. The monoisotopic (exact) mass is 355 g/mol. The number of rotatable bonds is 5. The molecule has 0 aromatic carbocycles. The molecule has 7 heteroatoms. The molecule has 3 rings (SSSR count). The van der Waals surface area contributed by atoms with Crippen LogP contribution in [0.1, 0.15) is 50.0 Å². The van der Waals surface area contributed by atoms with Crippen LogP contribution in [0.4, 0.5) is 0 Å². The highest BCUT2D eigenvalue weighted by Gasteiger charge is 2.28. The first-order valence-corrected chi connectivity index (χ1v) is 10.7. The summed E-state index contributed by atoms with van der Waals surface area (Å²) in [7, 11) is -3.04. The normalized spacial score (nSPS) is 22.1. The van der Waals surface area contributed by atoms with Crippen LogP contribution in [0.15, 0.2) is 6.20 Å². The molecular formula is C17H29N3O3S. The Labute approximate surface area is 145 Å². The van der Waals surface area contributed by atoms with Crippen molar-refractivity contribution in [3.63, 3.8) is 0 Å². The molecule has 0 radical (unpaired) electrons. The van der Waals surface area contributed by atoms with Gasteiger partial charge in [-0.25, -0.2) is 17.7 Å². The van der Waals surface area contributed by atoms with E-state index < -0.39 is 10.0 Å². The average molecular weight is 356 g/mol. The Morgan fingerprint density at radius 3 is 2.50 bits per heavy atom. The molecule has 2 aliphatic heterocycles. The third-order valence-electron chi connectivity index (χ3n) is 5.44. The summed E-state index contributed by atoms with van der Waals surface area (Å²) in [6, 6.07) is 0. The number of hydrogen-bond donors (Lipinski definition) is 0. The molecule has 0 unspecified atom stereocenters. The van der Waals surface area contributed by atoms with Crippen molar-refractivity contribution in [1.29, 1.82) is 0 Å². The molecule has 0 amide bonds. The largest absolute Gasteiger partial charge is 0.381 e. The van der Waals surface area contributed by atoms with E-state index in [0.29, 0.717) is 24.9 Å². The second-order valence-corrected chi connectivity index (χ2v) is 9.26. The molecule has 0 spiro atoms. The Morgan fingerprint density at radius 2 is 1.88 bits per heavy atom. The Bertz CT molecular complexity index is 642. The molecule has 0 atom stereocenters. The number of piperidine rings is 1. The van der Waals surface area contributed by atoms with E-state index in [2.05, 4.69) is 16.5 Å². The topological polar surface area (TPSA) is 64.4 Å². The highest BCUT2D eigenvalue weighted by Crippen LogP contribution is 2.29. The third-order valence-corrected chi connectivity index (χ3v) is 7.33. The van der Waals surface area contributed by atoms with Crippen LogP contribution in [0.2, 0.25) is 0 Å². The first kappa shape index (κ1) is 17.9. The van der Waals surface area contributed by atoms with Gasteiger partial charge in [-0.05, 0) is 45.4 Å². The van der Waals surface area contributed by atoms with Crippen LogP contribution in [-0.2, 0) is 21.3 Å². The minimum atomic E-state index is -3.04. The van der Waals surface area contributed by atoms with E-state index in [1.807, 2.05) is 6.20 Å². The van der Waals surface area contributed by atoms with Gasteiger partial charge in [0.05, 0.1) is 5.75 Å². The van der Waals surface area contributed by atoms with Gasteiger partial charge in [0, 0.05) is 50.7 Å². The third kappa shape index (κ3) is 3.83. The second kappa shape index (κ2) is 7.54. The van der Waals surface area contributed by atoms with Crippen molar-refractivity contribution in [2.24, 2.45) is 5.92 Å². The van der Waals surface area contributed by atoms with E-state index in [1.54, 1.807) is 11.2 Å². The Balaban J connectivity index is 1.64. The molecule has 24 heavy (non-hydrogen) atoms. The summed E-state index contributed by atoms with van der Waals surface area (Å²) in [6.45, 7) is 7.75. The van der Waals surface area contributed by atoms with Crippen molar-refractivity contribution in [3.8, 4) is 0 Å². The van der Waals surface area contributed by atoms with Crippen molar-refractivity contribution in [2.75, 3.05) is 32.1 Å². The fourth-order valence-corrected chi connectivity index (χ4v) is 4.94. The van der Waals surface area contributed by atoms with Crippen molar-refractivity contribution < 1.29 is 13.2 Å². The number of imidazole rings is 1. The average Bonchev–Trinajstić information content (AvgIpc) is 2.97. The summed E-state index contributed by atoms with van der Waals surface area (Å²) >= 11 is 0. The van der Waals surface area contributed by atoms with Gasteiger partial charge in [0.2, 0.25) is 10.0 Å². The van der Waals surface area contributed by atoms with Gasteiger partial charge in [0.25, 0.3) is 0 Å². The first-order valence-electron chi connectivity index (χ1n) is 9.09. The van der Waals surface area contributed by atoms with Crippen LogP contribution in [-0.4, -0.2) is 54.3 Å². The van der Waals surface area contributed by atoms with Gasteiger partial charge < -0.3 is 9.30 Å². The zero-order chi connectivity index (χ0) is 17.2. The summed E-state index contributed by atoms with van der Waals surface area (Å²) in [6.07, 6.45) is 5.93. The van der Waals surface area contributed by atoms with Gasteiger partial charge in [-0.1, -0.05) is 0 Å². The minimum absolute atomic E-state index is 0.201. The summed E-state index contributed by atoms with van der Waals surface area (Å²) in [5, 5.41) is 0. The molecule has 3 heterocycles. The van der Waals surface area contributed by atoms with E-state index in [-0.39, 0.29) is 5.75 Å². The highest BCUT2D eigenvalue weighted by molar-refractivity contribution is 7.89. The standard InChI is InChI=1S/C17H29N3O3S/c1-3-24(21,22)19-8-4-15(5-9-19)13-20-14(2)12-18-17(20)16-6-10-23-11-7-16/h12,15-16H,3-11,13H2,1-2H3. The lowest BCUT2D eigenvalue weighted by atomic mass is 9.96. The molecule has 2 saturated heterocycles. The quantitative estimate of drug-likeness (QED) is 0.812. The smallest absolute Gasteiger partial charge is 0.213 e. The molecule has 136 valence electrons. The zero-order valence-electron chi connectivity index (χ0n) is 14.8. The lowest BCUT2D eigenvalue weighted by Gasteiger charge is -2.32. The van der Waals surface area contributed by atoms with E-state index in [4.69, 9.17) is 4.74 Å². The number of ether oxygens (including phenoxy) is 1. The molecule has 0 saturated carbocycles. The van der Waals surface area contributed by atoms with Gasteiger partial charge >= 0.3 is 0 Å². The number of aromatic nitrogens is 2. The Hall–Kier alpha value is -0.920. The van der Waals surface area contributed by atoms with Crippen LogP contribution in [0, 0.1) is 12.8 Å². The van der Waals surface area contributed by atoms with Crippen LogP contribution < -0.4 is 0 Å². The van der Waals surface area contributed by atoms with E-state index in [0.717, 1.165) is 45.4 Å². The zero-order valence-corrected chi connectivity index (χ0v) is 15.6. The highest BCUT2D eigenvalue weighted by atomic mass is 32.2. The maximum absolute atomic E-state index is 12.0. The summed E-state index contributed by atoms with van der Waals surface area (Å²) in [4.78, 5) is 4.67. The molecule has 2 aliphatic rings. The summed E-state index contributed by atoms with van der Waals surface area (Å²) < 4.78 is 33.5. The van der Waals surface area contributed by atoms with Gasteiger partial charge in [0.15, 0.2) is 0 Å². The minimum Gasteiger partial charge on any atom is -0.381 e. The number of sulfonamides is 1. The van der Waals surface area contributed by atoms with E-state index >= 15 is 0 Å². The van der Waals surface area contributed by atoms with Crippen molar-refractivity contribution in [3.05, 3.63) is 17.7 Å². The molecule has 1 aromatic heterocycles. The van der Waals surface area contributed by atoms with Gasteiger partial charge in [0.1, 0.15) is 5.82 Å². The second-order valence-electron chi connectivity index (χ2n) is 7.00. The van der Waals surface area contributed by atoms with Crippen molar-refractivity contribution >= 4 is 10.0 Å². The molecular weight excluding hydrogens is 326 g/mol. The van der Waals surface area contributed by atoms with Gasteiger partial charge in [-0.2, -0.15) is 0 Å². The maximum atomic E-state index is 12.0. The Morgan fingerprint density at radius 1 is 1.21 bits per heavy atom. The van der Waals surface area contributed by atoms with Gasteiger partial charge in [-0.15, -0.1) is 0 Å². The Kier molecular flexibility index (Phi) is 5.62. The predicted octanol–water partition coefficient (Wildman–Crippen LogP) is 2.15. The number of aryl methyl sites for hydroxylation is 1. The van der Waals surface area contributed by atoms with Crippen molar-refractivity contribution in [2.45, 2.75) is 52.0 Å². The lowest BCUT2D eigenvalue weighted by molar-refractivity contribution is 0.0824. The molecule has 0 N–H and O–H groups in total. The molecule has 2 fully saturated rings. The maximum Gasteiger partial charge on any atom is 0.213 e. The fraction of sp³-hybridized carbons (Fsp3) is 0.824. The SMILES string of the molecule is CCS(=O)(=O)N1CCC(Cn2c(C)cnc2C2CCOCC2)CC1. The fourth-order valence-electron chi connectivity index (χ4n) is 3.81. The molecule has 6 nitrogen and oxygen atoms in total. The van der Waals surface area contributed by atoms with E-state index in [1.165, 1.54) is 11.5 Å². The van der Waals surface area contributed by atoms with Crippen LogP contribution in [0.5, 0.6) is 0 Å². The summed E-state index contributed by atoms with van der Waals surface area (Å²) in [5.74, 6) is 2.42. The number of hydrogen-bond acceptors (Lipinski definition) is 4. The predicted molar refractivity (Wildman–Crippen MR) is 93.5 cm³/mol.